The Hall–Kier alpha value is -2.24. The van der Waals surface area contributed by atoms with Crippen LogP contribution in [0.5, 0.6) is 11.5 Å². The van der Waals surface area contributed by atoms with Crippen molar-refractivity contribution in [2.45, 2.75) is 12.8 Å². The highest BCUT2D eigenvalue weighted by Gasteiger charge is 2.28. The Kier molecular flexibility index (Phi) is 4.67. The Morgan fingerprint density at radius 3 is 2.67 bits per heavy atom. The summed E-state index contributed by atoms with van der Waals surface area (Å²) in [5.41, 5.74) is 5.81. The van der Waals surface area contributed by atoms with Gasteiger partial charge in [0.2, 0.25) is 5.91 Å². The van der Waals surface area contributed by atoms with Crippen molar-refractivity contribution < 1.29 is 19.1 Å². The first-order valence-corrected chi connectivity index (χ1v) is 6.87. The van der Waals surface area contributed by atoms with Crippen LogP contribution in [0, 0.1) is 5.92 Å². The summed E-state index contributed by atoms with van der Waals surface area (Å²) < 4.78 is 10.4. The number of hydrogen-bond donors (Lipinski definition) is 1. The van der Waals surface area contributed by atoms with Crippen molar-refractivity contribution in [3.8, 4) is 11.5 Å². The minimum Gasteiger partial charge on any atom is -0.497 e. The maximum absolute atomic E-state index is 12.6. The number of likely N-dealkylation sites (tertiary alicyclic amines) is 1. The van der Waals surface area contributed by atoms with Crippen LogP contribution >= 0.6 is 0 Å². The van der Waals surface area contributed by atoms with Crippen molar-refractivity contribution >= 4 is 11.8 Å². The molecule has 1 aromatic rings. The number of nitrogens with two attached hydrogens (primary N) is 1. The second-order valence-electron chi connectivity index (χ2n) is 5.06. The largest absolute Gasteiger partial charge is 0.497 e. The van der Waals surface area contributed by atoms with Gasteiger partial charge in [0.25, 0.3) is 5.91 Å². The zero-order valence-corrected chi connectivity index (χ0v) is 12.3. The molecule has 114 valence electrons. The molecular formula is C15H20N2O4. The van der Waals surface area contributed by atoms with Crippen molar-refractivity contribution in [2.24, 2.45) is 11.7 Å². The fraction of sp³-hybridized carbons (Fsp3) is 0.467. The van der Waals surface area contributed by atoms with Gasteiger partial charge in [-0.1, -0.05) is 0 Å². The Balaban J connectivity index is 2.21. The normalized spacial score (nSPS) is 18.2. The number of piperidine rings is 1. The molecule has 2 amide bonds. The van der Waals surface area contributed by atoms with E-state index >= 15 is 0 Å². The van der Waals surface area contributed by atoms with E-state index in [4.69, 9.17) is 15.2 Å². The molecule has 0 spiro atoms. The average Bonchev–Trinajstić information content (AvgIpc) is 2.53. The first-order chi connectivity index (χ1) is 10.1. The van der Waals surface area contributed by atoms with Crippen LogP contribution in [0.1, 0.15) is 23.2 Å². The van der Waals surface area contributed by atoms with Gasteiger partial charge < -0.3 is 20.1 Å². The van der Waals surface area contributed by atoms with E-state index in [1.165, 1.54) is 7.11 Å². The zero-order valence-electron chi connectivity index (χ0n) is 12.3. The van der Waals surface area contributed by atoms with E-state index in [2.05, 4.69) is 0 Å². The molecule has 0 bridgehead atoms. The lowest BCUT2D eigenvalue weighted by atomic mass is 9.97. The maximum atomic E-state index is 12.6. The molecule has 1 aromatic carbocycles. The number of primary amides is 1. The van der Waals surface area contributed by atoms with Crippen molar-refractivity contribution in [1.29, 1.82) is 0 Å². The van der Waals surface area contributed by atoms with E-state index in [0.29, 0.717) is 30.2 Å². The molecule has 1 heterocycles. The number of methoxy groups -OCH3 is 2. The fourth-order valence-corrected chi connectivity index (χ4v) is 2.54. The van der Waals surface area contributed by atoms with Gasteiger partial charge in [-0.25, -0.2) is 0 Å². The highest BCUT2D eigenvalue weighted by molar-refractivity contribution is 5.97. The van der Waals surface area contributed by atoms with Crippen molar-refractivity contribution in [1.82, 2.24) is 4.90 Å². The van der Waals surface area contributed by atoms with Gasteiger partial charge in [-0.15, -0.1) is 0 Å². The second kappa shape index (κ2) is 6.47. The van der Waals surface area contributed by atoms with Crippen LogP contribution in [0.25, 0.3) is 0 Å². The highest BCUT2D eigenvalue weighted by atomic mass is 16.5. The summed E-state index contributed by atoms with van der Waals surface area (Å²) >= 11 is 0. The van der Waals surface area contributed by atoms with Gasteiger partial charge in [-0.05, 0) is 25.0 Å². The smallest absolute Gasteiger partial charge is 0.257 e. The predicted octanol–water partition coefficient (Wildman–Crippen LogP) is 1.04. The van der Waals surface area contributed by atoms with E-state index in [9.17, 15) is 9.59 Å². The van der Waals surface area contributed by atoms with Gasteiger partial charge in [0.1, 0.15) is 11.5 Å². The molecule has 1 atom stereocenters. The van der Waals surface area contributed by atoms with Crippen molar-refractivity contribution in [2.75, 3.05) is 27.3 Å². The SMILES string of the molecule is COc1ccc(C(=O)N2CCCC(C(N)=O)C2)c(OC)c1. The molecule has 1 aliphatic rings. The summed E-state index contributed by atoms with van der Waals surface area (Å²) in [6, 6.07) is 5.06. The van der Waals surface area contributed by atoms with Gasteiger partial charge in [0.05, 0.1) is 25.7 Å². The molecule has 6 heteroatoms. The van der Waals surface area contributed by atoms with Crippen LogP contribution in [0.2, 0.25) is 0 Å². The summed E-state index contributed by atoms with van der Waals surface area (Å²) in [4.78, 5) is 25.6. The number of ether oxygens (including phenoxy) is 2. The minimum atomic E-state index is -0.353. The van der Waals surface area contributed by atoms with Crippen LogP contribution in [-0.4, -0.2) is 44.0 Å². The number of rotatable bonds is 4. The van der Waals surface area contributed by atoms with E-state index in [-0.39, 0.29) is 17.7 Å². The molecule has 1 saturated heterocycles. The molecule has 2 N–H and O–H groups in total. The molecule has 0 saturated carbocycles. The molecule has 0 aromatic heterocycles. The topological polar surface area (TPSA) is 81.9 Å². The van der Waals surface area contributed by atoms with Gasteiger partial charge in [0.15, 0.2) is 0 Å². The lowest BCUT2D eigenvalue weighted by molar-refractivity contribution is -0.123. The number of carbonyl (C=O) groups is 2. The summed E-state index contributed by atoms with van der Waals surface area (Å²) in [6.07, 6.45) is 1.51. The van der Waals surface area contributed by atoms with Gasteiger partial charge in [-0.3, -0.25) is 9.59 Å². The predicted molar refractivity (Wildman–Crippen MR) is 77.4 cm³/mol. The first-order valence-electron chi connectivity index (χ1n) is 6.87. The molecule has 0 aliphatic carbocycles. The minimum absolute atomic E-state index is 0.152. The van der Waals surface area contributed by atoms with E-state index in [1.54, 1.807) is 30.2 Å². The summed E-state index contributed by atoms with van der Waals surface area (Å²) in [5.74, 6) is 0.305. The Morgan fingerprint density at radius 2 is 2.05 bits per heavy atom. The third kappa shape index (κ3) is 3.26. The Morgan fingerprint density at radius 1 is 1.29 bits per heavy atom. The number of hydrogen-bond acceptors (Lipinski definition) is 4. The second-order valence-corrected chi connectivity index (χ2v) is 5.06. The van der Waals surface area contributed by atoms with Gasteiger partial charge in [0, 0.05) is 19.2 Å². The molecule has 21 heavy (non-hydrogen) atoms. The summed E-state index contributed by atoms with van der Waals surface area (Å²) in [6.45, 7) is 0.987. The summed E-state index contributed by atoms with van der Waals surface area (Å²) in [7, 11) is 3.06. The van der Waals surface area contributed by atoms with Crippen LogP contribution in [-0.2, 0) is 4.79 Å². The maximum Gasteiger partial charge on any atom is 0.257 e. The molecule has 6 nitrogen and oxygen atoms in total. The van der Waals surface area contributed by atoms with Crippen LogP contribution < -0.4 is 15.2 Å². The lowest BCUT2D eigenvalue weighted by Crippen LogP contribution is -2.44. The van der Waals surface area contributed by atoms with Gasteiger partial charge in [-0.2, -0.15) is 0 Å². The quantitative estimate of drug-likeness (QED) is 0.899. The molecule has 1 unspecified atom stereocenters. The van der Waals surface area contributed by atoms with E-state index < -0.39 is 0 Å². The fourth-order valence-electron chi connectivity index (χ4n) is 2.54. The highest BCUT2D eigenvalue weighted by Crippen LogP contribution is 2.27. The Bertz CT molecular complexity index is 544. The molecule has 1 fully saturated rings. The average molecular weight is 292 g/mol. The first kappa shape index (κ1) is 15.2. The number of nitrogens with zero attached hydrogens (tertiary/aromatic N) is 1. The van der Waals surface area contributed by atoms with Crippen molar-refractivity contribution in [3.05, 3.63) is 23.8 Å². The Labute approximate surface area is 123 Å². The third-order valence-corrected chi connectivity index (χ3v) is 3.75. The number of carbonyl (C=O) groups excluding carboxylic acids is 2. The molecule has 2 rings (SSSR count). The van der Waals surface area contributed by atoms with Gasteiger partial charge >= 0.3 is 0 Å². The van der Waals surface area contributed by atoms with Crippen LogP contribution in [0.3, 0.4) is 0 Å². The molecule has 0 radical (unpaired) electrons. The van der Waals surface area contributed by atoms with E-state index in [0.717, 1.165) is 12.8 Å². The number of benzene rings is 1. The van der Waals surface area contributed by atoms with Crippen molar-refractivity contribution in [3.63, 3.8) is 0 Å². The van der Waals surface area contributed by atoms with Crippen LogP contribution in [0.15, 0.2) is 18.2 Å². The lowest BCUT2D eigenvalue weighted by Gasteiger charge is -2.31. The van der Waals surface area contributed by atoms with Crippen LogP contribution in [0.4, 0.5) is 0 Å². The monoisotopic (exact) mass is 292 g/mol. The molecule has 1 aliphatic heterocycles. The number of amides is 2. The third-order valence-electron chi connectivity index (χ3n) is 3.75. The zero-order chi connectivity index (χ0) is 15.4. The standard InChI is InChI=1S/C15H20N2O4/c1-20-11-5-6-12(13(8-11)21-2)15(19)17-7-3-4-10(9-17)14(16)18/h5-6,8,10H,3-4,7,9H2,1-2H3,(H2,16,18). The summed E-state index contributed by atoms with van der Waals surface area (Å²) in [5, 5.41) is 0. The van der Waals surface area contributed by atoms with E-state index in [1.807, 2.05) is 0 Å². The molecular weight excluding hydrogens is 272 g/mol.